The third kappa shape index (κ3) is 10.5. The van der Waals surface area contributed by atoms with Crippen LogP contribution in [0, 0.1) is 0 Å². The van der Waals surface area contributed by atoms with E-state index in [0.29, 0.717) is 25.6 Å². The summed E-state index contributed by atoms with van der Waals surface area (Å²) < 4.78 is 29.6. The zero-order chi connectivity index (χ0) is 35.8. The van der Waals surface area contributed by atoms with Gasteiger partial charge < -0.3 is 28.8 Å². The molecule has 1 saturated heterocycles. The second kappa shape index (κ2) is 14.8. The maximum absolute atomic E-state index is 11.3. The average Bonchev–Trinajstić information content (AvgIpc) is 3.27. The Labute approximate surface area is 294 Å². The molecule has 1 aliphatic heterocycles. The normalized spacial score (nSPS) is 19.8. The molecular formula is C39H62O6S2. The number of hydrogen-bond acceptors (Lipinski definition) is 8. The lowest BCUT2D eigenvalue weighted by atomic mass is 9.79. The minimum absolute atomic E-state index is 0.170. The highest BCUT2D eigenvalue weighted by Crippen LogP contribution is 2.51. The molecule has 3 rings (SSSR count). The summed E-state index contributed by atoms with van der Waals surface area (Å²) in [6.07, 6.45) is -0.601. The fraction of sp³-hybridized carbons (Fsp3) is 0.692. The first-order valence-electron chi connectivity index (χ1n) is 16.9. The Kier molecular flexibility index (Phi) is 12.6. The highest BCUT2D eigenvalue weighted by molar-refractivity contribution is 8.18. The van der Waals surface area contributed by atoms with Crippen LogP contribution in [-0.2, 0) is 40.6 Å². The lowest BCUT2D eigenvalue weighted by Crippen LogP contribution is -2.33. The number of phenolic OH excluding ortho intramolecular Hbond substituents is 1. The Balaban J connectivity index is 2.01. The van der Waals surface area contributed by atoms with Crippen molar-refractivity contribution in [1.82, 2.24) is 0 Å². The molecule has 266 valence electrons. The Bertz CT molecular complexity index is 1290. The van der Waals surface area contributed by atoms with Crippen molar-refractivity contribution in [1.29, 1.82) is 0 Å². The number of methoxy groups -OCH3 is 1. The minimum atomic E-state index is -0.719. The molecule has 6 nitrogen and oxygen atoms in total. The van der Waals surface area contributed by atoms with E-state index in [1.165, 1.54) is 4.90 Å². The summed E-state index contributed by atoms with van der Waals surface area (Å²) in [5.74, 6) is 1.32. The van der Waals surface area contributed by atoms with Crippen LogP contribution in [0.3, 0.4) is 0 Å². The summed E-state index contributed by atoms with van der Waals surface area (Å²) in [7, 11) is 1.66. The number of rotatable bonds is 11. The van der Waals surface area contributed by atoms with E-state index in [9.17, 15) is 5.11 Å². The van der Waals surface area contributed by atoms with E-state index in [1.807, 2.05) is 30.4 Å². The molecule has 1 heterocycles. The van der Waals surface area contributed by atoms with Crippen LogP contribution in [-0.4, -0.2) is 54.8 Å². The standard InChI is InChI=1S/C39H62O6S2/c1-17-42-34-44-30(22-41-16)31(45-34)23-43-33-28(37(8,9)10)20-25(21-29(33)38(11,12)13)47-39(14,15)46-24-18-26(35(2,3)4)32(40)27(19-24)36(5,6)7/h18-21,30-31,34,40H,17,22-23H2,1-16H3/t30-,31-,34?/m0/s1. The summed E-state index contributed by atoms with van der Waals surface area (Å²) in [5, 5.41) is 11.3. The van der Waals surface area contributed by atoms with Gasteiger partial charge in [0.1, 0.15) is 30.3 Å². The molecular weight excluding hydrogens is 629 g/mol. The number of phenols is 1. The van der Waals surface area contributed by atoms with Gasteiger partial charge in [-0.2, -0.15) is 0 Å². The number of benzene rings is 2. The largest absolute Gasteiger partial charge is 0.507 e. The highest BCUT2D eigenvalue weighted by Gasteiger charge is 2.38. The Hall–Kier alpha value is -1.42. The van der Waals surface area contributed by atoms with Crippen LogP contribution >= 0.6 is 23.5 Å². The van der Waals surface area contributed by atoms with Crippen molar-refractivity contribution >= 4 is 23.5 Å². The molecule has 3 atom stereocenters. The van der Waals surface area contributed by atoms with Gasteiger partial charge in [-0.05, 0) is 66.7 Å². The second-order valence-corrected chi connectivity index (χ2v) is 20.8. The summed E-state index contributed by atoms with van der Waals surface area (Å²) in [4.78, 5) is 2.36. The molecule has 2 aromatic carbocycles. The lowest BCUT2D eigenvalue weighted by Gasteiger charge is -2.33. The molecule has 1 N–H and O–H groups in total. The van der Waals surface area contributed by atoms with Crippen LogP contribution in [0.5, 0.6) is 11.5 Å². The SMILES string of the molecule is CCOC1O[C@@H](COC)[C@H](COc2c(C(C)(C)C)cc(SC(C)(C)Sc3cc(C(C)(C)C)c(O)c(C(C)(C)C)c3)cc2C(C)(C)C)O1. The van der Waals surface area contributed by atoms with Crippen molar-refractivity contribution < 1.29 is 28.8 Å². The maximum Gasteiger partial charge on any atom is 0.272 e. The first kappa shape index (κ1) is 40.0. The zero-order valence-corrected chi connectivity index (χ0v) is 33.6. The van der Waals surface area contributed by atoms with Crippen LogP contribution in [0.1, 0.15) is 126 Å². The number of ether oxygens (including phenoxy) is 5. The van der Waals surface area contributed by atoms with Crippen LogP contribution in [0.2, 0.25) is 0 Å². The van der Waals surface area contributed by atoms with Crippen molar-refractivity contribution in [3.63, 3.8) is 0 Å². The van der Waals surface area contributed by atoms with Crippen molar-refractivity contribution in [2.75, 3.05) is 26.9 Å². The topological polar surface area (TPSA) is 66.4 Å². The maximum atomic E-state index is 11.3. The van der Waals surface area contributed by atoms with E-state index < -0.39 is 6.48 Å². The van der Waals surface area contributed by atoms with Crippen molar-refractivity contribution in [3.8, 4) is 11.5 Å². The van der Waals surface area contributed by atoms with Crippen LogP contribution in [0.25, 0.3) is 0 Å². The monoisotopic (exact) mass is 690 g/mol. The molecule has 0 aromatic heterocycles. The molecule has 0 bridgehead atoms. The molecule has 0 amide bonds. The Morgan fingerprint density at radius 3 is 1.38 bits per heavy atom. The van der Waals surface area contributed by atoms with Gasteiger partial charge in [-0.15, -0.1) is 23.5 Å². The fourth-order valence-corrected chi connectivity index (χ4v) is 8.25. The highest BCUT2D eigenvalue weighted by atomic mass is 32.2. The van der Waals surface area contributed by atoms with Gasteiger partial charge >= 0.3 is 0 Å². The Morgan fingerprint density at radius 2 is 1.02 bits per heavy atom. The van der Waals surface area contributed by atoms with E-state index in [4.69, 9.17) is 23.7 Å². The summed E-state index contributed by atoms with van der Waals surface area (Å²) in [6.45, 7) is 33.4. The molecule has 1 fully saturated rings. The van der Waals surface area contributed by atoms with Crippen LogP contribution in [0.15, 0.2) is 34.1 Å². The number of aromatic hydroxyl groups is 1. The van der Waals surface area contributed by atoms with E-state index in [1.54, 1.807) is 7.11 Å². The molecule has 1 aliphatic rings. The van der Waals surface area contributed by atoms with E-state index in [0.717, 1.165) is 32.9 Å². The lowest BCUT2D eigenvalue weighted by molar-refractivity contribution is -0.242. The van der Waals surface area contributed by atoms with Gasteiger partial charge in [0, 0.05) is 45.8 Å². The van der Waals surface area contributed by atoms with Crippen LogP contribution < -0.4 is 4.74 Å². The molecule has 47 heavy (non-hydrogen) atoms. The summed E-state index contributed by atoms with van der Waals surface area (Å²) in [6, 6.07) is 8.96. The van der Waals surface area contributed by atoms with Gasteiger partial charge in [-0.3, -0.25) is 0 Å². The van der Waals surface area contributed by atoms with Gasteiger partial charge in [0.15, 0.2) is 0 Å². The Morgan fingerprint density at radius 1 is 0.638 bits per heavy atom. The van der Waals surface area contributed by atoms with Gasteiger partial charge in [0.25, 0.3) is 6.48 Å². The third-order valence-corrected chi connectivity index (χ3v) is 10.5. The fourth-order valence-electron chi connectivity index (χ4n) is 5.66. The quantitative estimate of drug-likeness (QED) is 0.185. The second-order valence-electron chi connectivity index (χ2n) is 17.2. The zero-order valence-electron chi connectivity index (χ0n) is 32.0. The summed E-state index contributed by atoms with van der Waals surface area (Å²) in [5.41, 5.74) is 3.58. The predicted molar refractivity (Wildman–Crippen MR) is 198 cm³/mol. The predicted octanol–water partition coefficient (Wildman–Crippen LogP) is 10.3. The minimum Gasteiger partial charge on any atom is -0.507 e. The number of thioether (sulfide) groups is 2. The first-order chi connectivity index (χ1) is 21.4. The summed E-state index contributed by atoms with van der Waals surface area (Å²) >= 11 is 3.71. The van der Waals surface area contributed by atoms with Crippen molar-refractivity contribution in [3.05, 3.63) is 46.5 Å². The molecule has 0 spiro atoms. The molecule has 1 unspecified atom stereocenters. The van der Waals surface area contributed by atoms with Gasteiger partial charge in [0.2, 0.25) is 0 Å². The van der Waals surface area contributed by atoms with Gasteiger partial charge in [-0.25, -0.2) is 0 Å². The van der Waals surface area contributed by atoms with Crippen molar-refractivity contribution in [2.45, 2.75) is 158 Å². The van der Waals surface area contributed by atoms with Gasteiger partial charge in [0.05, 0.1) is 10.7 Å². The smallest absolute Gasteiger partial charge is 0.272 e. The molecule has 0 saturated carbocycles. The third-order valence-electron chi connectivity index (χ3n) is 8.12. The molecule has 2 aromatic rings. The van der Waals surface area contributed by atoms with Crippen LogP contribution in [0.4, 0.5) is 0 Å². The molecule has 0 radical (unpaired) electrons. The van der Waals surface area contributed by atoms with E-state index in [-0.39, 0.29) is 37.9 Å². The van der Waals surface area contributed by atoms with E-state index in [2.05, 4.69) is 121 Å². The number of hydrogen-bond donors (Lipinski definition) is 1. The van der Waals surface area contributed by atoms with E-state index >= 15 is 0 Å². The molecule has 0 aliphatic carbocycles. The molecule has 8 heteroatoms. The van der Waals surface area contributed by atoms with Crippen molar-refractivity contribution in [2.24, 2.45) is 0 Å². The van der Waals surface area contributed by atoms with Gasteiger partial charge in [-0.1, -0.05) is 83.1 Å². The first-order valence-corrected chi connectivity index (χ1v) is 18.5. The average molecular weight is 691 g/mol.